The van der Waals surface area contributed by atoms with Gasteiger partial charge in [0, 0.05) is 10.3 Å². The summed E-state index contributed by atoms with van der Waals surface area (Å²) in [6.07, 6.45) is 0. The van der Waals surface area contributed by atoms with Gasteiger partial charge in [0.2, 0.25) is 5.78 Å². The molecule has 0 aliphatic rings. The van der Waals surface area contributed by atoms with E-state index in [-0.39, 0.29) is 23.6 Å². The fraction of sp³-hybridized carbons (Fsp3) is 0.0476. The number of hydrogen-bond acceptors (Lipinski definition) is 6. The Morgan fingerprint density at radius 3 is 2.64 bits per heavy atom. The van der Waals surface area contributed by atoms with Crippen LogP contribution >= 0.6 is 11.3 Å². The van der Waals surface area contributed by atoms with E-state index in [9.17, 15) is 9.59 Å². The van der Waals surface area contributed by atoms with Crippen molar-refractivity contribution < 1.29 is 9.21 Å². The predicted molar refractivity (Wildman–Crippen MR) is 108 cm³/mol. The molecular weight excluding hydrogens is 374 g/mol. The second-order valence-corrected chi connectivity index (χ2v) is 7.35. The van der Waals surface area contributed by atoms with Crippen LogP contribution in [-0.2, 0) is 6.54 Å². The number of rotatable bonds is 4. The molecule has 2 aromatic carbocycles. The second kappa shape index (κ2) is 6.54. The van der Waals surface area contributed by atoms with Crippen molar-refractivity contribution in [1.82, 2.24) is 15.0 Å². The molecule has 0 amide bonds. The van der Waals surface area contributed by atoms with Gasteiger partial charge in [0.25, 0.3) is 5.56 Å². The van der Waals surface area contributed by atoms with Crippen LogP contribution in [0.3, 0.4) is 0 Å². The van der Waals surface area contributed by atoms with Crippen LogP contribution in [0.4, 0.5) is 0 Å². The van der Waals surface area contributed by atoms with Crippen LogP contribution in [0.5, 0.6) is 0 Å². The van der Waals surface area contributed by atoms with Crippen LogP contribution < -0.4 is 5.56 Å². The van der Waals surface area contributed by atoms with Gasteiger partial charge in [-0.1, -0.05) is 53.7 Å². The van der Waals surface area contributed by atoms with E-state index in [1.165, 1.54) is 11.3 Å². The van der Waals surface area contributed by atoms with Crippen molar-refractivity contribution in [2.75, 3.05) is 0 Å². The third kappa shape index (κ3) is 2.82. The van der Waals surface area contributed by atoms with Crippen molar-refractivity contribution in [2.45, 2.75) is 6.54 Å². The Hall–Kier alpha value is -3.58. The van der Waals surface area contributed by atoms with Crippen molar-refractivity contribution in [2.24, 2.45) is 0 Å². The lowest BCUT2D eigenvalue weighted by atomic mass is 10.2. The molecule has 5 rings (SSSR count). The summed E-state index contributed by atoms with van der Waals surface area (Å²) in [6, 6.07) is 20.6. The summed E-state index contributed by atoms with van der Waals surface area (Å²) in [6.45, 7) is -0.224. The number of para-hydroxylation sites is 1. The molecule has 7 heteroatoms. The zero-order chi connectivity index (χ0) is 19.1. The Balaban J connectivity index is 1.49. The highest BCUT2D eigenvalue weighted by molar-refractivity contribution is 7.21. The van der Waals surface area contributed by atoms with Crippen LogP contribution in [0.2, 0.25) is 0 Å². The number of carbonyl (C=O) groups excluding carboxylic acids is 1. The molecule has 0 fully saturated rings. The Bertz CT molecular complexity index is 1350. The number of ketones is 1. The van der Waals surface area contributed by atoms with Gasteiger partial charge < -0.3 is 4.42 Å². The van der Waals surface area contributed by atoms with Crippen molar-refractivity contribution in [1.29, 1.82) is 0 Å². The molecule has 3 aromatic heterocycles. The smallest absolute Gasteiger partial charge is 0.278 e. The SMILES string of the molecule is O=C(Cn1nnc2sc(-c3ccccc3)cc2c1=O)c1cc2ccccc2o1. The van der Waals surface area contributed by atoms with Gasteiger partial charge in [-0.25, -0.2) is 4.68 Å². The first kappa shape index (κ1) is 16.6. The van der Waals surface area contributed by atoms with E-state index in [0.29, 0.717) is 15.8 Å². The largest absolute Gasteiger partial charge is 0.453 e. The first-order valence-electron chi connectivity index (χ1n) is 8.63. The van der Waals surface area contributed by atoms with Gasteiger partial charge in [-0.3, -0.25) is 9.59 Å². The van der Waals surface area contributed by atoms with Gasteiger partial charge in [0.05, 0.1) is 5.39 Å². The molecule has 0 bridgehead atoms. The Morgan fingerprint density at radius 1 is 1.04 bits per heavy atom. The summed E-state index contributed by atoms with van der Waals surface area (Å²) in [5.74, 6) is -0.129. The Kier molecular flexibility index (Phi) is 3.87. The molecule has 6 nitrogen and oxygen atoms in total. The summed E-state index contributed by atoms with van der Waals surface area (Å²) < 4.78 is 6.66. The first-order valence-corrected chi connectivity index (χ1v) is 9.45. The number of aromatic nitrogens is 3. The zero-order valence-corrected chi connectivity index (χ0v) is 15.3. The predicted octanol–water partition coefficient (Wildman–Crippen LogP) is 4.15. The molecule has 0 atom stereocenters. The molecule has 0 unspecified atom stereocenters. The monoisotopic (exact) mass is 387 g/mol. The van der Waals surface area contributed by atoms with E-state index in [1.807, 2.05) is 48.5 Å². The number of benzene rings is 2. The third-order valence-electron chi connectivity index (χ3n) is 4.47. The van der Waals surface area contributed by atoms with Crippen LogP contribution in [0, 0.1) is 0 Å². The van der Waals surface area contributed by atoms with Crippen LogP contribution in [0.1, 0.15) is 10.6 Å². The molecule has 0 spiro atoms. The highest BCUT2D eigenvalue weighted by Crippen LogP contribution is 2.30. The van der Waals surface area contributed by atoms with Gasteiger partial charge in [-0.05, 0) is 23.8 Å². The molecule has 0 aliphatic carbocycles. The standard InChI is InChI=1S/C21H13N3O3S/c25-16(18-10-14-8-4-5-9-17(14)27-18)12-24-21(26)15-11-19(28-20(15)22-23-24)13-6-2-1-3-7-13/h1-11H,12H2. The van der Waals surface area contributed by atoms with Gasteiger partial charge in [-0.2, -0.15) is 0 Å². The van der Waals surface area contributed by atoms with Crippen molar-refractivity contribution >= 4 is 38.3 Å². The van der Waals surface area contributed by atoms with Crippen molar-refractivity contribution in [3.05, 3.63) is 82.8 Å². The fourth-order valence-corrected chi connectivity index (χ4v) is 4.04. The van der Waals surface area contributed by atoms with Gasteiger partial charge in [-0.15, -0.1) is 16.4 Å². The molecular formula is C21H13N3O3S. The summed E-state index contributed by atoms with van der Waals surface area (Å²) in [5.41, 5.74) is 1.30. The normalized spacial score (nSPS) is 11.3. The molecule has 3 heterocycles. The molecule has 28 heavy (non-hydrogen) atoms. The number of fused-ring (bicyclic) bond motifs is 2. The summed E-state index contributed by atoms with van der Waals surface area (Å²) in [7, 11) is 0. The minimum Gasteiger partial charge on any atom is -0.453 e. The number of Topliss-reactive ketones (excluding diaryl/α,β-unsaturated/α-hetero) is 1. The van der Waals surface area contributed by atoms with E-state index in [4.69, 9.17) is 4.42 Å². The maximum atomic E-state index is 12.8. The number of furan rings is 1. The van der Waals surface area contributed by atoms with Crippen LogP contribution in [0.25, 0.3) is 31.6 Å². The van der Waals surface area contributed by atoms with E-state index in [2.05, 4.69) is 10.3 Å². The van der Waals surface area contributed by atoms with Gasteiger partial charge in [0.1, 0.15) is 12.1 Å². The second-order valence-electron chi connectivity index (χ2n) is 6.32. The van der Waals surface area contributed by atoms with Crippen LogP contribution in [-0.4, -0.2) is 20.8 Å². The van der Waals surface area contributed by atoms with E-state index < -0.39 is 0 Å². The minimum absolute atomic E-state index is 0.199. The van der Waals surface area contributed by atoms with Gasteiger partial charge in [0.15, 0.2) is 10.6 Å². The molecule has 136 valence electrons. The quantitative estimate of drug-likeness (QED) is 0.433. The average Bonchev–Trinajstić information content (AvgIpc) is 3.35. The van der Waals surface area contributed by atoms with E-state index in [0.717, 1.165) is 20.5 Å². The number of nitrogens with zero attached hydrogens (tertiary/aromatic N) is 3. The summed E-state index contributed by atoms with van der Waals surface area (Å²) >= 11 is 1.40. The first-order chi connectivity index (χ1) is 13.7. The molecule has 0 aliphatic heterocycles. The van der Waals surface area contributed by atoms with E-state index in [1.54, 1.807) is 18.2 Å². The Labute approximate surface area is 162 Å². The van der Waals surface area contributed by atoms with Crippen molar-refractivity contribution in [3.63, 3.8) is 0 Å². The fourth-order valence-electron chi connectivity index (χ4n) is 3.06. The molecule has 5 aromatic rings. The zero-order valence-electron chi connectivity index (χ0n) is 14.5. The Morgan fingerprint density at radius 2 is 1.82 bits per heavy atom. The molecule has 0 saturated carbocycles. The van der Waals surface area contributed by atoms with Crippen molar-refractivity contribution in [3.8, 4) is 10.4 Å². The molecule has 0 N–H and O–H groups in total. The lowest BCUT2D eigenvalue weighted by Gasteiger charge is -2.00. The highest BCUT2D eigenvalue weighted by Gasteiger charge is 2.17. The lowest BCUT2D eigenvalue weighted by molar-refractivity contribution is 0.0939. The minimum atomic E-state index is -0.340. The maximum absolute atomic E-state index is 12.8. The summed E-state index contributed by atoms with van der Waals surface area (Å²) in [5, 5.41) is 9.35. The number of thiophene rings is 1. The number of hydrogen-bond donors (Lipinski definition) is 0. The third-order valence-corrected chi connectivity index (χ3v) is 5.54. The maximum Gasteiger partial charge on any atom is 0.278 e. The van der Waals surface area contributed by atoms with Gasteiger partial charge >= 0.3 is 0 Å². The molecule has 0 radical (unpaired) electrons. The number of carbonyl (C=O) groups is 1. The molecule has 0 saturated heterocycles. The van der Waals surface area contributed by atoms with Crippen LogP contribution in [0.15, 0.2) is 75.9 Å². The summed E-state index contributed by atoms with van der Waals surface area (Å²) in [4.78, 5) is 26.9. The lowest BCUT2D eigenvalue weighted by Crippen LogP contribution is -2.27. The average molecular weight is 387 g/mol. The highest BCUT2D eigenvalue weighted by atomic mass is 32.1. The van der Waals surface area contributed by atoms with E-state index >= 15 is 0 Å². The topological polar surface area (TPSA) is 78.0 Å².